The molecule has 1 aromatic heterocycles. The fourth-order valence-corrected chi connectivity index (χ4v) is 4.05. The Kier molecular flexibility index (Phi) is 3.09. The molecule has 2 saturated carbocycles. The highest BCUT2D eigenvalue weighted by molar-refractivity contribution is 5.94. The molecule has 0 spiro atoms. The molecule has 3 atom stereocenters. The van der Waals surface area contributed by atoms with Crippen LogP contribution < -0.4 is 0 Å². The number of Topliss-reactive ketones (excluding diaryl/α,β-unsaturated/α-hetero) is 1. The summed E-state index contributed by atoms with van der Waals surface area (Å²) in [5.41, 5.74) is 1.39. The number of rotatable bonds is 4. The Labute approximate surface area is 124 Å². The molecule has 2 aliphatic carbocycles. The van der Waals surface area contributed by atoms with Crippen LogP contribution >= 0.6 is 0 Å². The lowest BCUT2D eigenvalue weighted by atomic mass is 9.85. The quantitative estimate of drug-likeness (QED) is 0.808. The van der Waals surface area contributed by atoms with Gasteiger partial charge in [0.25, 0.3) is 0 Å². The predicted molar refractivity (Wildman–Crippen MR) is 79.2 cm³/mol. The number of hydrogen-bond acceptors (Lipinski definition) is 3. The molecule has 0 N–H and O–H groups in total. The van der Waals surface area contributed by atoms with Gasteiger partial charge in [0.05, 0.1) is 11.9 Å². The molecule has 21 heavy (non-hydrogen) atoms. The number of benzene rings is 1. The van der Waals surface area contributed by atoms with E-state index in [0.29, 0.717) is 18.0 Å². The average molecular weight is 281 g/mol. The van der Waals surface area contributed by atoms with E-state index in [4.69, 9.17) is 0 Å². The molecule has 4 rings (SSSR count). The topological polar surface area (TPSA) is 47.8 Å². The summed E-state index contributed by atoms with van der Waals surface area (Å²) >= 11 is 0. The number of hydrogen-bond donors (Lipinski definition) is 0. The van der Waals surface area contributed by atoms with E-state index in [0.717, 1.165) is 17.5 Å². The molecule has 2 fully saturated rings. The minimum Gasteiger partial charge on any atom is -0.292 e. The number of fused-ring (bicyclic) bond motifs is 2. The van der Waals surface area contributed by atoms with Crippen molar-refractivity contribution in [1.82, 2.24) is 15.0 Å². The van der Waals surface area contributed by atoms with E-state index in [2.05, 4.69) is 10.2 Å². The van der Waals surface area contributed by atoms with Crippen molar-refractivity contribution in [3.63, 3.8) is 0 Å². The SMILES string of the molecule is O=C(CC1CC2CCC1C2)c1cnn(-c2ccccc2)n1. The smallest absolute Gasteiger partial charge is 0.185 e. The number of ketones is 1. The molecule has 0 amide bonds. The normalized spacial score (nSPS) is 27.1. The van der Waals surface area contributed by atoms with Gasteiger partial charge >= 0.3 is 0 Å². The number of carbonyl (C=O) groups is 1. The van der Waals surface area contributed by atoms with Crippen molar-refractivity contribution in [3.8, 4) is 5.69 Å². The molecule has 1 heterocycles. The third-order valence-corrected chi connectivity index (χ3v) is 5.10. The average Bonchev–Trinajstić information content (AvgIpc) is 3.24. The molecule has 2 aromatic rings. The Bertz CT molecular complexity index is 649. The van der Waals surface area contributed by atoms with Gasteiger partial charge in [-0.25, -0.2) is 0 Å². The van der Waals surface area contributed by atoms with Crippen molar-refractivity contribution in [2.45, 2.75) is 32.1 Å². The molecule has 0 radical (unpaired) electrons. The lowest BCUT2D eigenvalue weighted by Gasteiger charge is -2.20. The van der Waals surface area contributed by atoms with Crippen molar-refractivity contribution < 1.29 is 4.79 Å². The van der Waals surface area contributed by atoms with Crippen LogP contribution in [0.15, 0.2) is 36.5 Å². The molecule has 108 valence electrons. The van der Waals surface area contributed by atoms with Crippen LogP contribution in [0.2, 0.25) is 0 Å². The lowest BCUT2D eigenvalue weighted by molar-refractivity contribution is 0.0939. The Morgan fingerprint density at radius 2 is 2.05 bits per heavy atom. The number of para-hydroxylation sites is 1. The van der Waals surface area contributed by atoms with Crippen molar-refractivity contribution in [2.75, 3.05) is 0 Å². The number of nitrogens with zero attached hydrogens (tertiary/aromatic N) is 3. The highest BCUT2D eigenvalue weighted by atomic mass is 16.1. The summed E-state index contributed by atoms with van der Waals surface area (Å²) < 4.78 is 0. The van der Waals surface area contributed by atoms with Gasteiger partial charge in [-0.05, 0) is 49.1 Å². The predicted octanol–water partition coefficient (Wildman–Crippen LogP) is 3.28. The molecule has 3 unspecified atom stereocenters. The fourth-order valence-electron chi connectivity index (χ4n) is 4.05. The first-order valence-electron chi connectivity index (χ1n) is 7.80. The number of carbonyl (C=O) groups excluding carboxylic acids is 1. The zero-order valence-corrected chi connectivity index (χ0v) is 12.0. The molecular formula is C17H19N3O. The first-order valence-corrected chi connectivity index (χ1v) is 7.80. The van der Waals surface area contributed by atoms with E-state index in [1.54, 1.807) is 6.20 Å². The number of aromatic nitrogens is 3. The molecule has 0 aliphatic heterocycles. The van der Waals surface area contributed by atoms with Gasteiger partial charge in [-0.1, -0.05) is 24.6 Å². The van der Waals surface area contributed by atoms with Crippen LogP contribution in [-0.4, -0.2) is 20.8 Å². The molecule has 0 saturated heterocycles. The highest BCUT2D eigenvalue weighted by Crippen LogP contribution is 2.49. The zero-order chi connectivity index (χ0) is 14.2. The second kappa shape index (κ2) is 5.10. The van der Waals surface area contributed by atoms with E-state index in [9.17, 15) is 4.79 Å². The molecule has 2 bridgehead atoms. The van der Waals surface area contributed by atoms with Gasteiger partial charge in [-0.3, -0.25) is 4.79 Å². The summed E-state index contributed by atoms with van der Waals surface area (Å²) in [5.74, 6) is 2.39. The molecule has 4 nitrogen and oxygen atoms in total. The van der Waals surface area contributed by atoms with E-state index in [1.165, 1.54) is 30.5 Å². The summed E-state index contributed by atoms with van der Waals surface area (Å²) in [5, 5.41) is 8.56. The first-order chi connectivity index (χ1) is 10.3. The molecule has 2 aliphatic rings. The van der Waals surface area contributed by atoms with Crippen LogP contribution in [0.25, 0.3) is 5.69 Å². The molecule has 1 aromatic carbocycles. The van der Waals surface area contributed by atoms with Crippen molar-refractivity contribution in [2.24, 2.45) is 17.8 Å². The maximum atomic E-state index is 12.4. The van der Waals surface area contributed by atoms with E-state index in [1.807, 2.05) is 30.3 Å². The Balaban J connectivity index is 1.47. The van der Waals surface area contributed by atoms with Crippen LogP contribution in [0.5, 0.6) is 0 Å². The van der Waals surface area contributed by atoms with E-state index >= 15 is 0 Å². The highest BCUT2D eigenvalue weighted by Gasteiger charge is 2.40. The van der Waals surface area contributed by atoms with Crippen LogP contribution in [0.1, 0.15) is 42.6 Å². The Morgan fingerprint density at radius 1 is 1.19 bits per heavy atom. The summed E-state index contributed by atoms with van der Waals surface area (Å²) in [4.78, 5) is 13.9. The zero-order valence-electron chi connectivity index (χ0n) is 12.0. The maximum Gasteiger partial charge on any atom is 0.185 e. The van der Waals surface area contributed by atoms with Crippen molar-refractivity contribution >= 4 is 5.78 Å². The monoisotopic (exact) mass is 281 g/mol. The van der Waals surface area contributed by atoms with Gasteiger partial charge in [-0.2, -0.15) is 9.90 Å². The maximum absolute atomic E-state index is 12.4. The van der Waals surface area contributed by atoms with Gasteiger partial charge in [0, 0.05) is 6.42 Å². The summed E-state index contributed by atoms with van der Waals surface area (Å²) in [6.07, 6.45) is 7.52. The van der Waals surface area contributed by atoms with Gasteiger partial charge in [0.15, 0.2) is 5.78 Å². The third-order valence-electron chi connectivity index (χ3n) is 5.10. The van der Waals surface area contributed by atoms with Crippen LogP contribution in [0.4, 0.5) is 0 Å². The van der Waals surface area contributed by atoms with Gasteiger partial charge in [-0.15, -0.1) is 5.10 Å². The van der Waals surface area contributed by atoms with Crippen LogP contribution in [0.3, 0.4) is 0 Å². The minimum absolute atomic E-state index is 0.148. The van der Waals surface area contributed by atoms with Gasteiger partial charge < -0.3 is 0 Å². The first kappa shape index (κ1) is 12.7. The van der Waals surface area contributed by atoms with Gasteiger partial charge in [0.2, 0.25) is 0 Å². The van der Waals surface area contributed by atoms with E-state index in [-0.39, 0.29) is 5.78 Å². The Hall–Kier alpha value is -1.97. The summed E-state index contributed by atoms with van der Waals surface area (Å²) in [6.45, 7) is 0. The second-order valence-electron chi connectivity index (χ2n) is 6.42. The van der Waals surface area contributed by atoms with E-state index < -0.39 is 0 Å². The summed E-state index contributed by atoms with van der Waals surface area (Å²) in [6, 6.07) is 9.70. The fraction of sp³-hybridized carbons (Fsp3) is 0.471. The van der Waals surface area contributed by atoms with Crippen molar-refractivity contribution in [3.05, 3.63) is 42.2 Å². The third kappa shape index (κ3) is 2.39. The van der Waals surface area contributed by atoms with Gasteiger partial charge in [0.1, 0.15) is 5.69 Å². The van der Waals surface area contributed by atoms with Crippen molar-refractivity contribution in [1.29, 1.82) is 0 Å². The molecule has 4 heteroatoms. The molecular weight excluding hydrogens is 262 g/mol. The lowest BCUT2D eigenvalue weighted by Crippen LogP contribution is -2.15. The standard InChI is InChI=1S/C17H19N3O/c21-17(10-14-9-12-6-7-13(14)8-12)16-11-18-20(19-16)15-4-2-1-3-5-15/h1-5,11-14H,6-10H2. The largest absolute Gasteiger partial charge is 0.292 e. The second-order valence-corrected chi connectivity index (χ2v) is 6.42. The summed E-state index contributed by atoms with van der Waals surface area (Å²) in [7, 11) is 0. The Morgan fingerprint density at radius 3 is 2.76 bits per heavy atom. The van der Waals surface area contributed by atoms with Crippen LogP contribution in [-0.2, 0) is 0 Å². The minimum atomic E-state index is 0.148. The van der Waals surface area contributed by atoms with Crippen LogP contribution in [0, 0.1) is 17.8 Å².